The predicted octanol–water partition coefficient (Wildman–Crippen LogP) is 15.5. The van der Waals surface area contributed by atoms with E-state index in [9.17, 15) is 0 Å². The van der Waals surface area contributed by atoms with Crippen molar-refractivity contribution in [3.05, 3.63) is 243 Å². The molecule has 0 aliphatic carbocycles. The van der Waals surface area contributed by atoms with Crippen molar-refractivity contribution < 1.29 is 0 Å². The highest BCUT2D eigenvalue weighted by atomic mass is 14.9. The number of aromatic nitrogens is 2. The van der Waals surface area contributed by atoms with E-state index in [0.717, 1.165) is 61.5 Å². The topological polar surface area (TPSA) is 25.8 Å². The van der Waals surface area contributed by atoms with Crippen molar-refractivity contribution in [3.8, 4) is 101 Å². The second-order valence-electron chi connectivity index (χ2n) is 15.0. The molecule has 0 amide bonds. The van der Waals surface area contributed by atoms with Crippen LogP contribution >= 0.6 is 0 Å². The summed E-state index contributed by atoms with van der Waals surface area (Å²) in [6, 6.07) is 86.0. The van der Waals surface area contributed by atoms with Crippen molar-refractivity contribution in [1.29, 1.82) is 0 Å². The SMILES string of the molecule is c1ccc(-c2cccc(-c3cccc(-c4ccccc4-c4cc(-c5ccccc5-c5cccc(-c6cccc(-c7ccccc7)c6)c5)nc(-c5ccccc5)n4)c3)c2)cc1. The second-order valence-corrected chi connectivity index (χ2v) is 15.0. The Bertz CT molecular complexity index is 2890. The van der Waals surface area contributed by atoms with Gasteiger partial charge in [-0.2, -0.15) is 0 Å². The highest BCUT2D eigenvalue weighted by Crippen LogP contribution is 2.39. The Morgan fingerprint density at radius 3 is 0.833 bits per heavy atom. The van der Waals surface area contributed by atoms with Crippen molar-refractivity contribution in [3.63, 3.8) is 0 Å². The molecule has 0 unspecified atom stereocenters. The monoisotopic (exact) mass is 764 g/mol. The molecular formula is C58H40N2. The maximum Gasteiger partial charge on any atom is 0.160 e. The first-order valence-corrected chi connectivity index (χ1v) is 20.4. The molecule has 10 aromatic rings. The number of hydrogen-bond donors (Lipinski definition) is 0. The largest absolute Gasteiger partial charge is 0.228 e. The molecule has 0 spiro atoms. The molecule has 0 aliphatic rings. The molecule has 0 N–H and O–H groups in total. The van der Waals surface area contributed by atoms with E-state index in [1.807, 2.05) is 18.2 Å². The van der Waals surface area contributed by atoms with Crippen LogP contribution in [0.4, 0.5) is 0 Å². The Morgan fingerprint density at radius 1 is 0.183 bits per heavy atom. The Labute approximate surface area is 351 Å². The van der Waals surface area contributed by atoms with Crippen LogP contribution in [0.2, 0.25) is 0 Å². The summed E-state index contributed by atoms with van der Waals surface area (Å²) < 4.78 is 0. The van der Waals surface area contributed by atoms with E-state index in [-0.39, 0.29) is 0 Å². The fraction of sp³-hybridized carbons (Fsp3) is 0. The minimum atomic E-state index is 0.686. The van der Waals surface area contributed by atoms with Crippen LogP contribution in [-0.4, -0.2) is 9.97 Å². The molecule has 0 aliphatic heterocycles. The van der Waals surface area contributed by atoms with Crippen LogP contribution in [0.25, 0.3) is 101 Å². The van der Waals surface area contributed by atoms with Crippen molar-refractivity contribution >= 4 is 0 Å². The van der Waals surface area contributed by atoms with Crippen LogP contribution in [0.15, 0.2) is 243 Å². The highest BCUT2D eigenvalue weighted by molar-refractivity contribution is 5.89. The molecule has 0 fully saturated rings. The zero-order valence-corrected chi connectivity index (χ0v) is 33.0. The fourth-order valence-corrected chi connectivity index (χ4v) is 8.11. The lowest BCUT2D eigenvalue weighted by Gasteiger charge is -2.16. The highest BCUT2D eigenvalue weighted by Gasteiger charge is 2.17. The molecule has 0 bridgehead atoms. The fourth-order valence-electron chi connectivity index (χ4n) is 8.11. The average molecular weight is 765 g/mol. The normalized spacial score (nSPS) is 11.0. The molecule has 0 radical (unpaired) electrons. The van der Waals surface area contributed by atoms with Crippen LogP contribution < -0.4 is 0 Å². The van der Waals surface area contributed by atoms with Crippen LogP contribution in [0, 0.1) is 0 Å². The molecule has 0 atom stereocenters. The van der Waals surface area contributed by atoms with Crippen LogP contribution in [-0.2, 0) is 0 Å². The molecular weight excluding hydrogens is 725 g/mol. The van der Waals surface area contributed by atoms with Gasteiger partial charge in [0.05, 0.1) is 11.4 Å². The summed E-state index contributed by atoms with van der Waals surface area (Å²) >= 11 is 0. The summed E-state index contributed by atoms with van der Waals surface area (Å²) in [6.45, 7) is 0. The van der Waals surface area contributed by atoms with E-state index in [1.165, 1.54) is 33.4 Å². The quantitative estimate of drug-likeness (QED) is 0.146. The minimum Gasteiger partial charge on any atom is -0.228 e. The minimum absolute atomic E-state index is 0.686. The standard InChI is InChI=1S/C58H40N2/c1-4-18-41(19-5-1)44-24-14-26-46(36-44)48-28-16-30-50(38-48)52-32-10-12-34-54(52)56-40-57(60-58(59-56)43-22-8-3-9-23-43)55-35-13-11-33-53(55)51-31-17-29-49(39-51)47-27-15-25-45(37-47)42-20-6-2-7-21-42/h1-40H. The van der Waals surface area contributed by atoms with E-state index in [1.54, 1.807) is 0 Å². The van der Waals surface area contributed by atoms with E-state index in [0.29, 0.717) is 5.82 Å². The van der Waals surface area contributed by atoms with Gasteiger partial charge in [-0.3, -0.25) is 0 Å². The van der Waals surface area contributed by atoms with Gasteiger partial charge in [-0.15, -0.1) is 0 Å². The lowest BCUT2D eigenvalue weighted by Crippen LogP contribution is -1.98. The summed E-state index contributed by atoms with van der Waals surface area (Å²) in [6.07, 6.45) is 0. The lowest BCUT2D eigenvalue weighted by molar-refractivity contribution is 1.18. The summed E-state index contributed by atoms with van der Waals surface area (Å²) in [4.78, 5) is 10.6. The van der Waals surface area contributed by atoms with E-state index in [4.69, 9.17) is 9.97 Å². The van der Waals surface area contributed by atoms with E-state index < -0.39 is 0 Å². The zero-order valence-electron chi connectivity index (χ0n) is 33.0. The summed E-state index contributed by atoms with van der Waals surface area (Å²) in [5.41, 5.74) is 18.8. The number of nitrogens with zero attached hydrogens (tertiary/aromatic N) is 2. The summed E-state index contributed by atoms with van der Waals surface area (Å²) in [5.74, 6) is 0.686. The first-order valence-electron chi connectivity index (χ1n) is 20.4. The molecule has 10 rings (SSSR count). The molecule has 2 heteroatoms. The summed E-state index contributed by atoms with van der Waals surface area (Å²) in [7, 11) is 0. The maximum absolute atomic E-state index is 5.29. The van der Waals surface area contributed by atoms with Gasteiger partial charge in [-0.05, 0) is 97.1 Å². The molecule has 60 heavy (non-hydrogen) atoms. The first-order chi connectivity index (χ1) is 29.7. The molecule has 0 saturated carbocycles. The van der Waals surface area contributed by atoms with Crippen molar-refractivity contribution in [2.45, 2.75) is 0 Å². The zero-order chi connectivity index (χ0) is 40.1. The third-order valence-electron chi connectivity index (χ3n) is 11.1. The summed E-state index contributed by atoms with van der Waals surface area (Å²) in [5, 5.41) is 0. The maximum atomic E-state index is 5.29. The second kappa shape index (κ2) is 16.5. The third-order valence-corrected chi connectivity index (χ3v) is 11.1. The lowest BCUT2D eigenvalue weighted by atomic mass is 9.92. The average Bonchev–Trinajstić information content (AvgIpc) is 3.35. The molecule has 2 nitrogen and oxygen atoms in total. The molecule has 282 valence electrons. The Hall–Kier alpha value is -7.94. The van der Waals surface area contributed by atoms with E-state index >= 15 is 0 Å². The number of rotatable bonds is 9. The Balaban J connectivity index is 1.07. The molecule has 1 aromatic heterocycles. The Kier molecular flexibility index (Phi) is 10.0. The van der Waals surface area contributed by atoms with Crippen LogP contribution in [0.1, 0.15) is 0 Å². The number of benzene rings is 9. The van der Waals surface area contributed by atoms with Gasteiger partial charge < -0.3 is 0 Å². The van der Waals surface area contributed by atoms with Gasteiger partial charge in [-0.25, -0.2) is 9.97 Å². The van der Waals surface area contributed by atoms with Crippen molar-refractivity contribution in [2.75, 3.05) is 0 Å². The first kappa shape index (κ1) is 36.4. The van der Waals surface area contributed by atoms with Crippen molar-refractivity contribution in [2.24, 2.45) is 0 Å². The van der Waals surface area contributed by atoms with Gasteiger partial charge in [0.1, 0.15) is 0 Å². The third kappa shape index (κ3) is 7.58. The van der Waals surface area contributed by atoms with Crippen molar-refractivity contribution in [1.82, 2.24) is 9.97 Å². The molecule has 9 aromatic carbocycles. The van der Waals surface area contributed by atoms with Gasteiger partial charge in [0.15, 0.2) is 5.82 Å². The van der Waals surface area contributed by atoms with Gasteiger partial charge >= 0.3 is 0 Å². The van der Waals surface area contributed by atoms with Gasteiger partial charge in [0.2, 0.25) is 0 Å². The number of hydrogen-bond acceptors (Lipinski definition) is 2. The predicted molar refractivity (Wildman–Crippen MR) is 251 cm³/mol. The van der Waals surface area contributed by atoms with Gasteiger partial charge in [0, 0.05) is 16.7 Å². The molecule has 0 saturated heterocycles. The van der Waals surface area contributed by atoms with Gasteiger partial charge in [0.25, 0.3) is 0 Å². The van der Waals surface area contributed by atoms with E-state index in [2.05, 4.69) is 224 Å². The molecule has 1 heterocycles. The van der Waals surface area contributed by atoms with Crippen LogP contribution in [0.5, 0.6) is 0 Å². The van der Waals surface area contributed by atoms with Gasteiger partial charge in [-0.1, -0.05) is 212 Å². The smallest absolute Gasteiger partial charge is 0.160 e. The van der Waals surface area contributed by atoms with Crippen LogP contribution in [0.3, 0.4) is 0 Å². The Morgan fingerprint density at radius 2 is 0.450 bits per heavy atom.